The number of nitrogens with two attached hydrogens (primary N) is 1. The summed E-state index contributed by atoms with van der Waals surface area (Å²) in [6, 6.07) is 3.40. The largest absolute Gasteiger partial charge is 0.477 e. The number of aromatic nitrogens is 1. The van der Waals surface area contributed by atoms with E-state index in [1.807, 2.05) is 0 Å². The van der Waals surface area contributed by atoms with Crippen molar-refractivity contribution in [2.24, 2.45) is 28.5 Å². The molecule has 10 nitrogen and oxygen atoms in total. The first kappa shape index (κ1) is 26.3. The summed E-state index contributed by atoms with van der Waals surface area (Å²) in [6.45, 7) is 4.86. The van der Waals surface area contributed by atoms with Crippen LogP contribution in [0.3, 0.4) is 0 Å². The van der Waals surface area contributed by atoms with Crippen molar-refractivity contribution in [3.05, 3.63) is 29.6 Å². The van der Waals surface area contributed by atoms with Crippen LogP contribution in [0.5, 0.6) is 0 Å². The van der Waals surface area contributed by atoms with Crippen LogP contribution in [0.2, 0.25) is 0 Å². The van der Waals surface area contributed by atoms with Crippen LogP contribution >= 0.6 is 0 Å². The lowest BCUT2D eigenvalue weighted by Crippen LogP contribution is -2.62. The number of carboxylic acids is 1. The smallest absolute Gasteiger partial charge is 0.346 e. The number of aliphatic imine (C=N–C) groups is 1. The van der Waals surface area contributed by atoms with Crippen LogP contribution in [-0.2, 0) is 20.9 Å². The molecular weight excluding hydrogens is 448 g/mol. The summed E-state index contributed by atoms with van der Waals surface area (Å²) < 4.78 is 0. The number of amidine groups is 1. The normalized spacial score (nSPS) is 24.6. The standard InChI is InChI=1S/C25H36N6O4/c1-16(2)18-5-7-19(8-6-18)25(10-3-11-31(25)21(32)14-28-15-22(33)34)24(35)30-13-17-4-9-20(23(26)27)29-12-17/h4,9,12,15-16,18-19H,3,5-8,10-11,13-14H2,1-2H3,(H3,26,27)(H,30,35)(H,33,34)/t18?,19?,25-/m1/s1. The van der Waals surface area contributed by atoms with Crippen LogP contribution in [-0.4, -0.2) is 63.5 Å². The molecule has 35 heavy (non-hydrogen) atoms. The maximum absolute atomic E-state index is 13.8. The summed E-state index contributed by atoms with van der Waals surface area (Å²) in [5.41, 5.74) is 5.63. The van der Waals surface area contributed by atoms with Gasteiger partial charge in [0.25, 0.3) is 0 Å². The van der Waals surface area contributed by atoms with Crippen molar-refractivity contribution in [1.29, 1.82) is 5.41 Å². The molecule has 2 amide bonds. The highest BCUT2D eigenvalue weighted by Crippen LogP contribution is 2.46. The van der Waals surface area contributed by atoms with Gasteiger partial charge in [0.1, 0.15) is 29.8 Å². The maximum atomic E-state index is 13.8. The van der Waals surface area contributed by atoms with Crippen LogP contribution in [0.15, 0.2) is 23.3 Å². The van der Waals surface area contributed by atoms with E-state index in [-0.39, 0.29) is 36.7 Å². The van der Waals surface area contributed by atoms with Crippen molar-refractivity contribution >= 4 is 29.8 Å². The second-order valence-corrected chi connectivity index (χ2v) is 9.88. The lowest BCUT2D eigenvalue weighted by Gasteiger charge is -2.46. The molecule has 0 radical (unpaired) electrons. The second kappa shape index (κ2) is 11.4. The number of carbonyl (C=O) groups excluding carboxylic acids is 2. The molecular formula is C25H36N6O4. The van der Waals surface area contributed by atoms with Gasteiger partial charge in [0.05, 0.1) is 0 Å². The Morgan fingerprint density at radius 3 is 2.60 bits per heavy atom. The van der Waals surface area contributed by atoms with E-state index in [0.29, 0.717) is 36.9 Å². The van der Waals surface area contributed by atoms with E-state index in [1.54, 1.807) is 23.2 Å². The summed E-state index contributed by atoms with van der Waals surface area (Å²) in [5, 5.41) is 19.3. The van der Waals surface area contributed by atoms with Gasteiger partial charge in [-0.15, -0.1) is 0 Å². The zero-order chi connectivity index (χ0) is 25.6. The zero-order valence-electron chi connectivity index (χ0n) is 20.5. The van der Waals surface area contributed by atoms with Crippen molar-refractivity contribution in [2.45, 2.75) is 64.5 Å². The van der Waals surface area contributed by atoms with E-state index in [9.17, 15) is 14.4 Å². The highest BCUT2D eigenvalue weighted by atomic mass is 16.4. The second-order valence-electron chi connectivity index (χ2n) is 9.88. The number of nitrogens with one attached hydrogen (secondary N) is 2. The summed E-state index contributed by atoms with van der Waals surface area (Å²) in [5.74, 6) is -0.615. The van der Waals surface area contributed by atoms with E-state index in [1.165, 1.54) is 0 Å². The molecule has 1 aliphatic heterocycles. The molecule has 10 heteroatoms. The van der Waals surface area contributed by atoms with E-state index >= 15 is 0 Å². The Labute approximate surface area is 205 Å². The van der Waals surface area contributed by atoms with Gasteiger partial charge in [-0.05, 0) is 67.9 Å². The Morgan fingerprint density at radius 1 is 1.31 bits per heavy atom. The van der Waals surface area contributed by atoms with Gasteiger partial charge in [-0.2, -0.15) is 0 Å². The molecule has 1 atom stereocenters. The Kier molecular flexibility index (Phi) is 8.58. The molecule has 2 aliphatic rings. The molecule has 0 bridgehead atoms. The molecule has 0 spiro atoms. The van der Waals surface area contributed by atoms with Crippen molar-refractivity contribution in [3.8, 4) is 0 Å². The number of likely N-dealkylation sites (tertiary alicyclic amines) is 1. The van der Waals surface area contributed by atoms with Gasteiger partial charge in [-0.1, -0.05) is 19.9 Å². The Balaban J connectivity index is 1.81. The van der Waals surface area contributed by atoms with Gasteiger partial charge in [-0.25, -0.2) is 4.79 Å². The van der Waals surface area contributed by atoms with E-state index < -0.39 is 11.5 Å². The number of pyridine rings is 1. The summed E-state index contributed by atoms with van der Waals surface area (Å²) in [7, 11) is 0. The van der Waals surface area contributed by atoms with Crippen LogP contribution < -0.4 is 11.1 Å². The van der Waals surface area contributed by atoms with E-state index in [4.69, 9.17) is 16.2 Å². The third-order valence-electron chi connectivity index (χ3n) is 7.49. The van der Waals surface area contributed by atoms with E-state index in [2.05, 4.69) is 29.1 Å². The molecule has 2 fully saturated rings. The van der Waals surface area contributed by atoms with Gasteiger partial charge >= 0.3 is 5.97 Å². The average molecular weight is 485 g/mol. The number of carboxylic acid groups (broad SMARTS) is 1. The third-order valence-corrected chi connectivity index (χ3v) is 7.49. The minimum atomic E-state index is -1.21. The summed E-state index contributed by atoms with van der Waals surface area (Å²) in [6.07, 6.45) is 7.37. The average Bonchev–Trinajstić information content (AvgIpc) is 3.29. The van der Waals surface area contributed by atoms with Crippen LogP contribution in [0.25, 0.3) is 0 Å². The first-order valence-corrected chi connectivity index (χ1v) is 12.3. The summed E-state index contributed by atoms with van der Waals surface area (Å²) in [4.78, 5) is 47.3. The fourth-order valence-corrected chi connectivity index (χ4v) is 5.61. The molecule has 1 aromatic rings. The number of aliphatic carboxylic acids is 1. The molecule has 0 unspecified atom stereocenters. The molecule has 1 aliphatic carbocycles. The highest BCUT2D eigenvalue weighted by molar-refractivity contribution is 6.22. The summed E-state index contributed by atoms with van der Waals surface area (Å²) >= 11 is 0. The third kappa shape index (κ3) is 6.04. The topological polar surface area (TPSA) is 162 Å². The Bertz CT molecular complexity index is 969. The number of hydrogen-bond donors (Lipinski definition) is 4. The van der Waals surface area contributed by atoms with Gasteiger partial charge in [0.2, 0.25) is 11.8 Å². The number of nitrogens with zero attached hydrogens (tertiary/aromatic N) is 3. The van der Waals surface area contributed by atoms with E-state index in [0.717, 1.165) is 37.5 Å². The SMILES string of the molecule is CC(C)C1CCC([C@@]2(C(=O)NCc3ccc(C(=N)N)nc3)CCCN2C(=O)CN=CC(=O)O)CC1. The van der Waals surface area contributed by atoms with Crippen LogP contribution in [0.4, 0.5) is 0 Å². The molecule has 1 saturated carbocycles. The van der Waals surface area contributed by atoms with Crippen molar-refractivity contribution < 1.29 is 19.5 Å². The highest BCUT2D eigenvalue weighted by Gasteiger charge is 2.54. The molecule has 1 aromatic heterocycles. The van der Waals surface area contributed by atoms with Gasteiger partial charge in [-0.3, -0.25) is 25.0 Å². The predicted molar refractivity (Wildman–Crippen MR) is 132 cm³/mol. The lowest BCUT2D eigenvalue weighted by molar-refractivity contribution is -0.149. The minimum absolute atomic E-state index is 0.0330. The predicted octanol–water partition coefficient (Wildman–Crippen LogP) is 1.96. The quantitative estimate of drug-likeness (QED) is 0.309. The minimum Gasteiger partial charge on any atom is -0.477 e. The molecule has 1 saturated heterocycles. The first-order valence-electron chi connectivity index (χ1n) is 12.3. The number of rotatable bonds is 9. The molecule has 0 aromatic carbocycles. The van der Waals surface area contributed by atoms with Gasteiger partial charge in [0.15, 0.2) is 0 Å². The number of carbonyl (C=O) groups is 3. The van der Waals surface area contributed by atoms with Crippen molar-refractivity contribution in [2.75, 3.05) is 13.1 Å². The van der Waals surface area contributed by atoms with Gasteiger partial charge in [0, 0.05) is 19.3 Å². The number of amides is 2. The number of hydrogen-bond acceptors (Lipinski definition) is 6. The van der Waals surface area contributed by atoms with Crippen molar-refractivity contribution in [3.63, 3.8) is 0 Å². The maximum Gasteiger partial charge on any atom is 0.346 e. The number of nitrogen functional groups attached to an aromatic ring is 1. The lowest BCUT2D eigenvalue weighted by atomic mass is 9.68. The molecule has 5 N–H and O–H groups in total. The van der Waals surface area contributed by atoms with Crippen LogP contribution in [0.1, 0.15) is 63.6 Å². The fraction of sp³-hybridized carbons (Fsp3) is 0.600. The molecule has 190 valence electrons. The fourth-order valence-electron chi connectivity index (χ4n) is 5.61. The zero-order valence-corrected chi connectivity index (χ0v) is 20.5. The molecule has 2 heterocycles. The van der Waals surface area contributed by atoms with Gasteiger partial charge < -0.3 is 21.1 Å². The van der Waals surface area contributed by atoms with Crippen LogP contribution in [0, 0.1) is 23.2 Å². The monoisotopic (exact) mass is 484 g/mol. The molecule has 3 rings (SSSR count). The first-order chi connectivity index (χ1) is 16.6. The van der Waals surface area contributed by atoms with Crippen molar-refractivity contribution in [1.82, 2.24) is 15.2 Å². The Morgan fingerprint density at radius 2 is 2.03 bits per heavy atom. The Hall–Kier alpha value is -3.30.